The molecule has 1 aromatic carbocycles. The predicted octanol–water partition coefficient (Wildman–Crippen LogP) is -0.524. The molecule has 0 atom stereocenters. The van der Waals surface area contributed by atoms with Gasteiger partial charge in [0.1, 0.15) is 10.1 Å². The molecule has 0 unspecified atom stereocenters. The molecule has 0 spiro atoms. The molecular formula is C14H10LiO3PS3. The monoisotopic (exact) mass is 360 g/mol. The fourth-order valence-electron chi connectivity index (χ4n) is 1.99. The summed E-state index contributed by atoms with van der Waals surface area (Å²) in [6.07, 6.45) is 0. The van der Waals surface area contributed by atoms with E-state index in [0.717, 1.165) is 9.24 Å². The maximum atomic E-state index is 11.6. The molecule has 0 fully saturated rings. The van der Waals surface area contributed by atoms with Gasteiger partial charge in [-0.15, -0.1) is 22.7 Å². The third-order valence-corrected chi connectivity index (χ3v) is 9.00. The molecule has 8 heteroatoms. The minimum Gasteiger partial charge on any atom is -0.744 e. The van der Waals surface area contributed by atoms with E-state index in [4.69, 9.17) is 0 Å². The molecule has 0 bridgehead atoms. The minimum atomic E-state index is -4.49. The fraction of sp³-hybridized carbons (Fsp3) is 0. The van der Waals surface area contributed by atoms with Gasteiger partial charge >= 0.3 is 18.9 Å². The largest absolute Gasteiger partial charge is 1.00 e. The van der Waals surface area contributed by atoms with Crippen LogP contribution in [0, 0.1) is 0 Å². The van der Waals surface area contributed by atoms with Gasteiger partial charge < -0.3 is 4.55 Å². The molecule has 0 amide bonds. The Morgan fingerprint density at radius 1 is 0.864 bits per heavy atom. The Bertz CT molecular complexity index is 796. The van der Waals surface area contributed by atoms with Crippen LogP contribution in [0.2, 0.25) is 0 Å². The number of hydrogen-bond donors (Lipinski definition) is 0. The van der Waals surface area contributed by atoms with Crippen molar-refractivity contribution in [3.63, 3.8) is 0 Å². The van der Waals surface area contributed by atoms with Gasteiger partial charge in [0.05, 0.1) is 4.90 Å². The van der Waals surface area contributed by atoms with Crippen LogP contribution in [0.3, 0.4) is 0 Å². The summed E-state index contributed by atoms with van der Waals surface area (Å²) in [4.78, 5) is -0.113. The summed E-state index contributed by atoms with van der Waals surface area (Å²) in [5.41, 5.74) is 0. The quantitative estimate of drug-likeness (QED) is 0.357. The number of hydrogen-bond acceptors (Lipinski definition) is 5. The first-order valence-electron chi connectivity index (χ1n) is 5.99. The van der Waals surface area contributed by atoms with Crippen molar-refractivity contribution in [1.82, 2.24) is 0 Å². The third-order valence-electron chi connectivity index (χ3n) is 2.83. The molecule has 3 rings (SSSR count). The molecule has 0 aliphatic rings. The Labute approximate surface area is 150 Å². The Morgan fingerprint density at radius 2 is 1.41 bits per heavy atom. The van der Waals surface area contributed by atoms with E-state index in [2.05, 4.69) is 0 Å². The first kappa shape index (κ1) is 17.9. The first-order valence-corrected chi connectivity index (χ1v) is 10.5. The minimum absolute atomic E-state index is 0. The normalized spacial score (nSPS) is 11.4. The van der Waals surface area contributed by atoms with Crippen LogP contribution in [-0.2, 0) is 10.1 Å². The van der Waals surface area contributed by atoms with Gasteiger partial charge in [-0.1, -0.05) is 30.3 Å². The van der Waals surface area contributed by atoms with Gasteiger partial charge in [-0.05, 0) is 29.0 Å². The molecule has 3 aromatic rings. The van der Waals surface area contributed by atoms with E-state index in [0.29, 0.717) is 5.30 Å². The molecule has 2 aromatic heterocycles. The summed E-state index contributed by atoms with van der Waals surface area (Å²) in [6.45, 7) is 0. The average molecular weight is 360 g/mol. The summed E-state index contributed by atoms with van der Waals surface area (Å²) < 4.78 is 36.9. The van der Waals surface area contributed by atoms with Crippen LogP contribution in [0.25, 0.3) is 0 Å². The summed E-state index contributed by atoms with van der Waals surface area (Å²) in [7, 11) is -5.48. The zero-order chi connectivity index (χ0) is 14.9. The van der Waals surface area contributed by atoms with Gasteiger partial charge in [0, 0.05) is 22.5 Å². The van der Waals surface area contributed by atoms with Crippen molar-refractivity contribution in [1.29, 1.82) is 0 Å². The molecule has 108 valence electrons. The molecule has 2 heterocycles. The average Bonchev–Trinajstić information content (AvgIpc) is 3.12. The second-order valence-corrected chi connectivity index (χ2v) is 10.1. The van der Waals surface area contributed by atoms with Crippen molar-refractivity contribution in [3.8, 4) is 0 Å². The van der Waals surface area contributed by atoms with Gasteiger partial charge in [-0.2, -0.15) is 0 Å². The zero-order valence-electron chi connectivity index (χ0n) is 11.7. The SMILES string of the molecule is O=S(=O)([O-])c1ccccc1P(c1cccs1)c1cccs1.[Li+]. The van der Waals surface area contributed by atoms with Gasteiger partial charge in [-0.3, -0.25) is 0 Å². The van der Waals surface area contributed by atoms with E-state index in [-0.39, 0.29) is 23.8 Å². The van der Waals surface area contributed by atoms with Crippen molar-refractivity contribution < 1.29 is 31.8 Å². The fourth-order valence-corrected chi connectivity index (χ4v) is 8.33. The summed E-state index contributed by atoms with van der Waals surface area (Å²) in [5.74, 6) is 0. The van der Waals surface area contributed by atoms with Crippen molar-refractivity contribution in [3.05, 3.63) is 59.3 Å². The molecule has 0 aliphatic heterocycles. The Kier molecular flexibility index (Phi) is 6.04. The van der Waals surface area contributed by atoms with Gasteiger partial charge in [0.25, 0.3) is 0 Å². The van der Waals surface area contributed by atoms with Gasteiger partial charge in [0.2, 0.25) is 0 Å². The molecule has 0 N–H and O–H groups in total. The Balaban J connectivity index is 0.00000176. The van der Waals surface area contributed by atoms with Crippen LogP contribution >= 0.6 is 30.6 Å². The van der Waals surface area contributed by atoms with Crippen LogP contribution in [0.15, 0.2) is 64.2 Å². The van der Waals surface area contributed by atoms with Crippen LogP contribution in [0.5, 0.6) is 0 Å². The standard InChI is InChI=1S/C14H11O3PS3.Li/c15-21(16,17)12-6-2-1-5-11(12)18(13-7-3-9-19-13)14-8-4-10-20-14;/h1-10H,(H,15,16,17);/q;+1/p-1. The van der Waals surface area contributed by atoms with E-state index in [9.17, 15) is 13.0 Å². The maximum absolute atomic E-state index is 11.6. The number of rotatable bonds is 4. The summed E-state index contributed by atoms with van der Waals surface area (Å²) in [5, 5.41) is 4.53. The van der Waals surface area contributed by atoms with Crippen molar-refractivity contribution in [2.75, 3.05) is 0 Å². The number of thiophene rings is 2. The molecular weight excluding hydrogens is 350 g/mol. The molecule has 0 aliphatic carbocycles. The topological polar surface area (TPSA) is 57.2 Å². The van der Waals surface area contributed by atoms with Crippen LogP contribution < -0.4 is 33.4 Å². The first-order chi connectivity index (χ1) is 10.1. The van der Waals surface area contributed by atoms with Crippen molar-refractivity contribution in [2.45, 2.75) is 4.90 Å². The smallest absolute Gasteiger partial charge is 0.744 e. The zero-order valence-corrected chi connectivity index (χ0v) is 15.0. The molecule has 0 saturated carbocycles. The van der Waals surface area contributed by atoms with Crippen molar-refractivity contribution in [2.24, 2.45) is 0 Å². The van der Waals surface area contributed by atoms with Crippen LogP contribution in [-0.4, -0.2) is 13.0 Å². The second-order valence-electron chi connectivity index (χ2n) is 4.16. The molecule has 3 nitrogen and oxygen atoms in total. The van der Waals surface area contributed by atoms with E-state index >= 15 is 0 Å². The van der Waals surface area contributed by atoms with Crippen LogP contribution in [0.4, 0.5) is 0 Å². The third kappa shape index (κ3) is 3.72. The van der Waals surface area contributed by atoms with Gasteiger partial charge in [-0.25, -0.2) is 8.42 Å². The Morgan fingerprint density at radius 3 is 1.86 bits per heavy atom. The van der Waals surface area contributed by atoms with Crippen molar-refractivity contribution >= 4 is 55.3 Å². The second kappa shape index (κ2) is 7.42. The van der Waals surface area contributed by atoms with E-state index in [1.807, 2.05) is 35.0 Å². The van der Waals surface area contributed by atoms with E-state index in [1.54, 1.807) is 40.9 Å². The predicted molar refractivity (Wildman–Crippen MR) is 88.9 cm³/mol. The molecule has 0 saturated heterocycles. The number of benzene rings is 1. The van der Waals surface area contributed by atoms with Gasteiger partial charge in [0.15, 0.2) is 0 Å². The Hall–Kier alpha value is -0.443. The maximum Gasteiger partial charge on any atom is 1.00 e. The molecule has 22 heavy (non-hydrogen) atoms. The summed E-state index contributed by atoms with van der Waals surface area (Å²) >= 11 is 3.16. The summed E-state index contributed by atoms with van der Waals surface area (Å²) in [6, 6.07) is 14.4. The van der Waals surface area contributed by atoms with E-state index < -0.39 is 18.0 Å². The van der Waals surface area contributed by atoms with E-state index in [1.165, 1.54) is 6.07 Å². The van der Waals surface area contributed by atoms with Crippen LogP contribution in [0.1, 0.15) is 0 Å². The molecule has 0 radical (unpaired) electrons.